The van der Waals surface area contributed by atoms with Crippen LogP contribution in [0.2, 0.25) is 0 Å². The second kappa shape index (κ2) is 7.09. The van der Waals surface area contributed by atoms with Crippen LogP contribution in [-0.4, -0.2) is 28.4 Å². The van der Waals surface area contributed by atoms with Crippen molar-refractivity contribution in [2.24, 2.45) is 5.92 Å². The van der Waals surface area contributed by atoms with Crippen molar-refractivity contribution in [3.05, 3.63) is 47.2 Å². The molecule has 1 aliphatic heterocycles. The highest BCUT2D eigenvalue weighted by molar-refractivity contribution is 5.62. The average molecular weight is 351 g/mol. The van der Waals surface area contributed by atoms with Gasteiger partial charge in [0.15, 0.2) is 0 Å². The fourth-order valence-corrected chi connectivity index (χ4v) is 3.14. The molecule has 2 atom stereocenters. The van der Waals surface area contributed by atoms with E-state index in [1.807, 2.05) is 6.92 Å². The molecule has 4 nitrogen and oxygen atoms in total. The van der Waals surface area contributed by atoms with Crippen LogP contribution >= 0.6 is 0 Å². The van der Waals surface area contributed by atoms with Crippen molar-refractivity contribution in [3.8, 4) is 11.3 Å². The molecule has 0 amide bonds. The molecule has 2 N–H and O–H groups in total. The number of aryl methyl sites for hydroxylation is 1. The highest BCUT2D eigenvalue weighted by atomic mass is 19.4. The number of benzene rings is 1. The molecule has 7 heteroatoms. The summed E-state index contributed by atoms with van der Waals surface area (Å²) in [5.74, 6) is 0.0966. The maximum absolute atomic E-state index is 12.7. The van der Waals surface area contributed by atoms with Gasteiger partial charge in [0.05, 0.1) is 17.0 Å². The number of aliphatic hydroxyl groups excluding tert-OH is 1. The molecule has 2 heterocycles. The molecule has 134 valence electrons. The van der Waals surface area contributed by atoms with Gasteiger partial charge in [-0.15, -0.1) is 5.10 Å². The third-order valence-electron chi connectivity index (χ3n) is 4.57. The summed E-state index contributed by atoms with van der Waals surface area (Å²) < 4.78 is 38.0. The van der Waals surface area contributed by atoms with Gasteiger partial charge in [0.25, 0.3) is 0 Å². The third kappa shape index (κ3) is 3.99. The van der Waals surface area contributed by atoms with E-state index in [0.29, 0.717) is 17.0 Å². The van der Waals surface area contributed by atoms with Gasteiger partial charge in [-0.2, -0.15) is 18.3 Å². The summed E-state index contributed by atoms with van der Waals surface area (Å²) in [7, 11) is 0. The number of hydrogen-bond acceptors (Lipinski definition) is 4. The zero-order valence-corrected chi connectivity index (χ0v) is 13.8. The number of aromatic nitrogens is 2. The van der Waals surface area contributed by atoms with Gasteiger partial charge in [-0.25, -0.2) is 0 Å². The van der Waals surface area contributed by atoms with Gasteiger partial charge in [-0.3, -0.25) is 0 Å². The number of piperidine rings is 1. The molecule has 0 saturated carbocycles. The molecule has 1 fully saturated rings. The summed E-state index contributed by atoms with van der Waals surface area (Å²) in [5, 5.41) is 22.0. The van der Waals surface area contributed by atoms with Crippen molar-refractivity contribution < 1.29 is 18.3 Å². The van der Waals surface area contributed by atoms with Crippen molar-refractivity contribution >= 4 is 0 Å². The van der Waals surface area contributed by atoms with Crippen LogP contribution in [0.5, 0.6) is 0 Å². The largest absolute Gasteiger partial charge is 0.416 e. The molecule has 1 saturated heterocycles. The number of rotatable bonds is 3. The summed E-state index contributed by atoms with van der Waals surface area (Å²) in [4.78, 5) is 0. The van der Waals surface area contributed by atoms with Crippen LogP contribution in [0, 0.1) is 12.8 Å². The van der Waals surface area contributed by atoms with Crippen molar-refractivity contribution in [3.63, 3.8) is 0 Å². The first-order chi connectivity index (χ1) is 11.9. The van der Waals surface area contributed by atoms with E-state index in [1.165, 1.54) is 12.1 Å². The molecule has 0 spiro atoms. The SMILES string of the molecule is Cc1cc([C@H](O)[C@@H]2CCCNC2)nnc1-c1ccc(C(F)(F)F)cc1. The number of alkyl halides is 3. The minimum Gasteiger partial charge on any atom is -0.386 e. The molecule has 0 aliphatic carbocycles. The fourth-order valence-electron chi connectivity index (χ4n) is 3.14. The Morgan fingerprint density at radius 1 is 1.20 bits per heavy atom. The van der Waals surface area contributed by atoms with E-state index in [1.54, 1.807) is 6.07 Å². The third-order valence-corrected chi connectivity index (χ3v) is 4.57. The van der Waals surface area contributed by atoms with Crippen LogP contribution in [0.15, 0.2) is 30.3 Å². The highest BCUT2D eigenvalue weighted by Crippen LogP contribution is 2.32. The maximum Gasteiger partial charge on any atom is 0.416 e. The zero-order chi connectivity index (χ0) is 18.0. The Morgan fingerprint density at radius 3 is 2.48 bits per heavy atom. The summed E-state index contributed by atoms with van der Waals surface area (Å²) >= 11 is 0. The van der Waals surface area contributed by atoms with Gasteiger partial charge in [0.1, 0.15) is 6.10 Å². The van der Waals surface area contributed by atoms with E-state index >= 15 is 0 Å². The Labute approximate surface area is 144 Å². The summed E-state index contributed by atoms with van der Waals surface area (Å²) in [5.41, 5.74) is 1.66. The van der Waals surface area contributed by atoms with Crippen LogP contribution in [0.4, 0.5) is 13.2 Å². The Kier molecular flexibility index (Phi) is 5.06. The number of nitrogens with zero attached hydrogens (tertiary/aromatic N) is 2. The standard InChI is InChI=1S/C18H20F3N3O/c1-11-9-15(17(25)13-3-2-8-22-10-13)23-24-16(11)12-4-6-14(7-5-12)18(19,20)21/h4-7,9,13,17,22,25H,2-3,8,10H2,1H3/t13-,17-/m1/s1. The second-order valence-electron chi connectivity index (χ2n) is 6.43. The van der Waals surface area contributed by atoms with E-state index in [0.717, 1.165) is 43.6 Å². The molecule has 0 unspecified atom stereocenters. The first-order valence-electron chi connectivity index (χ1n) is 8.27. The molecule has 3 rings (SSSR count). The quantitative estimate of drug-likeness (QED) is 0.889. The van der Waals surface area contributed by atoms with Crippen LogP contribution in [-0.2, 0) is 6.18 Å². The van der Waals surface area contributed by atoms with Gasteiger partial charge in [-0.05, 0) is 50.1 Å². The molecule has 0 bridgehead atoms. The minimum absolute atomic E-state index is 0.0966. The van der Waals surface area contributed by atoms with Crippen LogP contribution in [0.25, 0.3) is 11.3 Å². The normalized spacial score (nSPS) is 19.6. The molecule has 1 aromatic carbocycles. The number of halogens is 3. The first-order valence-corrected chi connectivity index (χ1v) is 8.27. The van der Waals surface area contributed by atoms with Gasteiger partial charge < -0.3 is 10.4 Å². The minimum atomic E-state index is -4.36. The number of nitrogens with one attached hydrogen (secondary N) is 1. The predicted molar refractivity (Wildman–Crippen MR) is 87.8 cm³/mol. The van der Waals surface area contributed by atoms with E-state index in [2.05, 4.69) is 15.5 Å². The number of aliphatic hydroxyl groups is 1. The Morgan fingerprint density at radius 2 is 1.92 bits per heavy atom. The zero-order valence-electron chi connectivity index (χ0n) is 13.8. The van der Waals surface area contributed by atoms with Crippen molar-refractivity contribution in [1.29, 1.82) is 0 Å². The Balaban J connectivity index is 1.82. The first kappa shape index (κ1) is 17.8. The topological polar surface area (TPSA) is 58.0 Å². The molecule has 1 aromatic heterocycles. The number of hydrogen-bond donors (Lipinski definition) is 2. The Bertz CT molecular complexity index is 725. The van der Waals surface area contributed by atoms with Crippen molar-refractivity contribution in [1.82, 2.24) is 15.5 Å². The lowest BCUT2D eigenvalue weighted by Crippen LogP contribution is -2.33. The summed E-state index contributed by atoms with van der Waals surface area (Å²) in [6.45, 7) is 3.51. The molecular weight excluding hydrogens is 331 g/mol. The van der Waals surface area contributed by atoms with Crippen LogP contribution in [0.1, 0.15) is 35.8 Å². The lowest BCUT2D eigenvalue weighted by Gasteiger charge is -2.27. The van der Waals surface area contributed by atoms with E-state index in [-0.39, 0.29) is 5.92 Å². The summed E-state index contributed by atoms with van der Waals surface area (Å²) in [6.07, 6.45) is -3.12. The molecular formula is C18H20F3N3O. The highest BCUT2D eigenvalue weighted by Gasteiger charge is 2.30. The lowest BCUT2D eigenvalue weighted by atomic mass is 9.91. The van der Waals surface area contributed by atoms with Crippen LogP contribution < -0.4 is 5.32 Å². The van der Waals surface area contributed by atoms with Crippen LogP contribution in [0.3, 0.4) is 0 Å². The van der Waals surface area contributed by atoms with E-state index < -0.39 is 17.8 Å². The molecule has 0 radical (unpaired) electrons. The van der Waals surface area contributed by atoms with Gasteiger partial charge in [0, 0.05) is 18.0 Å². The Hall–Kier alpha value is -1.99. The van der Waals surface area contributed by atoms with Gasteiger partial charge >= 0.3 is 6.18 Å². The fraction of sp³-hybridized carbons (Fsp3) is 0.444. The van der Waals surface area contributed by atoms with E-state index in [9.17, 15) is 18.3 Å². The predicted octanol–water partition coefficient (Wildman–Crippen LogP) is 3.50. The molecule has 25 heavy (non-hydrogen) atoms. The van der Waals surface area contributed by atoms with Gasteiger partial charge in [0.2, 0.25) is 0 Å². The monoisotopic (exact) mass is 351 g/mol. The van der Waals surface area contributed by atoms with E-state index in [4.69, 9.17) is 0 Å². The van der Waals surface area contributed by atoms with Crippen molar-refractivity contribution in [2.45, 2.75) is 32.0 Å². The molecule has 1 aliphatic rings. The second-order valence-corrected chi connectivity index (χ2v) is 6.43. The summed E-state index contributed by atoms with van der Waals surface area (Å²) in [6, 6.07) is 6.61. The molecule has 2 aromatic rings. The van der Waals surface area contributed by atoms with Gasteiger partial charge in [-0.1, -0.05) is 12.1 Å². The van der Waals surface area contributed by atoms with Crippen molar-refractivity contribution in [2.75, 3.05) is 13.1 Å². The maximum atomic E-state index is 12.7. The average Bonchev–Trinajstić information content (AvgIpc) is 2.61. The lowest BCUT2D eigenvalue weighted by molar-refractivity contribution is -0.137. The smallest absolute Gasteiger partial charge is 0.386 e.